The van der Waals surface area contributed by atoms with E-state index in [4.69, 9.17) is 23.2 Å². The average Bonchev–Trinajstić information content (AvgIpc) is 3.17. The first-order valence-electron chi connectivity index (χ1n) is 8.54. The van der Waals surface area contributed by atoms with Gasteiger partial charge in [-0.25, -0.2) is 0 Å². The van der Waals surface area contributed by atoms with Crippen molar-refractivity contribution in [2.24, 2.45) is 5.92 Å². The number of amides is 1. The highest BCUT2D eigenvalue weighted by molar-refractivity contribution is 6.36. The molecule has 2 aliphatic rings. The van der Waals surface area contributed by atoms with E-state index in [1.165, 1.54) is 17.7 Å². The Balaban J connectivity index is 1.54. The Kier molecular flexibility index (Phi) is 4.38. The molecule has 1 unspecified atom stereocenters. The summed E-state index contributed by atoms with van der Waals surface area (Å²) in [5, 5.41) is 17.6. The van der Waals surface area contributed by atoms with Gasteiger partial charge in [0.05, 0.1) is 17.9 Å². The molecule has 25 heavy (non-hydrogen) atoms. The molecule has 2 atom stereocenters. The predicted octanol–water partition coefficient (Wildman–Crippen LogP) is 3.89. The molecular formula is C18H19Cl2N3O2. The highest BCUT2D eigenvalue weighted by atomic mass is 35.5. The molecule has 2 N–H and O–H groups in total. The highest BCUT2D eigenvalue weighted by Gasteiger charge is 2.39. The number of fused-ring (bicyclic) bond motifs is 1. The van der Waals surface area contributed by atoms with Crippen LogP contribution in [-0.4, -0.2) is 32.7 Å². The molecule has 132 valence electrons. The van der Waals surface area contributed by atoms with Crippen molar-refractivity contribution in [2.75, 3.05) is 6.54 Å². The zero-order valence-corrected chi connectivity index (χ0v) is 15.1. The van der Waals surface area contributed by atoms with Crippen molar-refractivity contribution < 1.29 is 9.90 Å². The van der Waals surface area contributed by atoms with Crippen molar-refractivity contribution in [1.29, 1.82) is 0 Å². The quantitative estimate of drug-likeness (QED) is 0.849. The number of phenols is 1. The molecule has 2 aromatic rings. The minimum atomic E-state index is -0.132. The number of rotatable bonds is 3. The fourth-order valence-corrected chi connectivity index (χ4v) is 4.67. The van der Waals surface area contributed by atoms with E-state index in [0.717, 1.165) is 43.5 Å². The molecule has 0 radical (unpaired) electrons. The van der Waals surface area contributed by atoms with Crippen molar-refractivity contribution in [3.05, 3.63) is 45.2 Å². The Morgan fingerprint density at radius 2 is 2.04 bits per heavy atom. The van der Waals surface area contributed by atoms with Crippen LogP contribution < -0.4 is 0 Å². The van der Waals surface area contributed by atoms with Crippen LogP contribution in [0.3, 0.4) is 0 Å². The molecule has 1 aromatic heterocycles. The van der Waals surface area contributed by atoms with E-state index in [1.54, 1.807) is 0 Å². The third-order valence-electron chi connectivity index (χ3n) is 5.31. The zero-order valence-electron chi connectivity index (χ0n) is 13.6. The van der Waals surface area contributed by atoms with Gasteiger partial charge in [0.15, 0.2) is 0 Å². The Morgan fingerprint density at radius 3 is 2.80 bits per heavy atom. The van der Waals surface area contributed by atoms with Gasteiger partial charge in [-0.05, 0) is 55.4 Å². The van der Waals surface area contributed by atoms with E-state index in [1.807, 2.05) is 11.1 Å². The van der Waals surface area contributed by atoms with Crippen molar-refractivity contribution >= 4 is 29.1 Å². The van der Waals surface area contributed by atoms with Gasteiger partial charge >= 0.3 is 0 Å². The summed E-state index contributed by atoms with van der Waals surface area (Å²) in [7, 11) is 0. The fourth-order valence-electron chi connectivity index (χ4n) is 4.04. The van der Waals surface area contributed by atoms with Crippen LogP contribution in [-0.2, 0) is 17.6 Å². The molecule has 1 aliphatic heterocycles. The summed E-state index contributed by atoms with van der Waals surface area (Å²) in [6.07, 6.45) is 6.21. The van der Waals surface area contributed by atoms with Gasteiger partial charge in [0.1, 0.15) is 5.75 Å². The minimum absolute atomic E-state index is 0.0344. The number of carbonyl (C=O) groups is 1. The van der Waals surface area contributed by atoms with Gasteiger partial charge in [0, 0.05) is 22.5 Å². The number of halogens is 2. The summed E-state index contributed by atoms with van der Waals surface area (Å²) >= 11 is 12.4. The lowest BCUT2D eigenvalue weighted by Crippen LogP contribution is -2.34. The van der Waals surface area contributed by atoms with Gasteiger partial charge in [-0.3, -0.25) is 9.89 Å². The van der Waals surface area contributed by atoms with Crippen molar-refractivity contribution in [3.8, 4) is 5.75 Å². The number of H-pyrrole nitrogens is 1. The van der Waals surface area contributed by atoms with Crippen LogP contribution in [0.1, 0.15) is 42.1 Å². The molecule has 1 amide bonds. The van der Waals surface area contributed by atoms with Crippen LogP contribution in [0.4, 0.5) is 0 Å². The maximum atomic E-state index is 13.0. The van der Waals surface area contributed by atoms with Gasteiger partial charge in [-0.2, -0.15) is 5.10 Å². The summed E-state index contributed by atoms with van der Waals surface area (Å²) < 4.78 is 0. The third-order valence-corrected chi connectivity index (χ3v) is 5.99. The number of hydrogen-bond acceptors (Lipinski definition) is 3. The fraction of sp³-hybridized carbons (Fsp3) is 0.444. The number of phenolic OH excluding ortho intramolecular Hbond substituents is 1. The lowest BCUT2D eigenvalue weighted by Gasteiger charge is -2.31. The van der Waals surface area contributed by atoms with Gasteiger partial charge in [-0.15, -0.1) is 0 Å². The first kappa shape index (κ1) is 16.7. The Labute approximate surface area is 155 Å². The normalized spacial score (nSPS) is 23.1. The molecule has 2 heterocycles. The van der Waals surface area contributed by atoms with Crippen LogP contribution >= 0.6 is 23.2 Å². The van der Waals surface area contributed by atoms with E-state index >= 15 is 0 Å². The smallest absolute Gasteiger partial charge is 0.226 e. The number of carbonyl (C=O) groups excluding carboxylic acids is 1. The molecule has 1 saturated heterocycles. The number of aromatic hydroxyl groups is 1. The molecule has 7 heteroatoms. The van der Waals surface area contributed by atoms with Crippen LogP contribution in [0, 0.1) is 5.92 Å². The van der Waals surface area contributed by atoms with Gasteiger partial charge in [0.25, 0.3) is 0 Å². The molecule has 1 aliphatic carbocycles. The maximum absolute atomic E-state index is 13.0. The van der Waals surface area contributed by atoms with Crippen molar-refractivity contribution in [2.45, 2.75) is 38.1 Å². The number of aromatic nitrogens is 2. The maximum Gasteiger partial charge on any atom is 0.226 e. The minimum Gasteiger partial charge on any atom is -0.508 e. The van der Waals surface area contributed by atoms with Crippen LogP contribution in [0.5, 0.6) is 5.75 Å². The summed E-state index contributed by atoms with van der Waals surface area (Å²) in [4.78, 5) is 15.0. The number of nitrogens with one attached hydrogen (secondary N) is 1. The molecule has 5 nitrogen and oxygen atoms in total. The topological polar surface area (TPSA) is 69.2 Å². The Hall–Kier alpha value is -1.72. The molecule has 4 rings (SSSR count). The average molecular weight is 380 g/mol. The molecule has 0 saturated carbocycles. The monoisotopic (exact) mass is 379 g/mol. The standard InChI is InChI=1S/C18H19Cl2N3O2/c19-14-7-12(24)8-15(20)13(14)6-10-4-5-23(18(10)25)16-3-1-2-11-9-21-22-17(11)16/h7-10,16,24H,1-6H2,(H,21,22)/t10?,16-/m1/s1. The first-order chi connectivity index (χ1) is 12.0. The van der Waals surface area contributed by atoms with E-state index in [9.17, 15) is 9.90 Å². The van der Waals surface area contributed by atoms with E-state index < -0.39 is 0 Å². The molecule has 1 fully saturated rings. The van der Waals surface area contributed by atoms with Crippen LogP contribution in [0.25, 0.3) is 0 Å². The zero-order chi connectivity index (χ0) is 17.6. The predicted molar refractivity (Wildman–Crippen MR) is 95.9 cm³/mol. The number of aryl methyl sites for hydroxylation is 1. The molecular weight excluding hydrogens is 361 g/mol. The summed E-state index contributed by atoms with van der Waals surface area (Å²) in [6, 6.07) is 3.03. The number of hydrogen-bond donors (Lipinski definition) is 2. The first-order valence-corrected chi connectivity index (χ1v) is 9.29. The Bertz CT molecular complexity index is 797. The van der Waals surface area contributed by atoms with E-state index in [0.29, 0.717) is 16.5 Å². The van der Waals surface area contributed by atoms with Crippen LogP contribution in [0.15, 0.2) is 18.3 Å². The highest BCUT2D eigenvalue weighted by Crippen LogP contribution is 2.39. The number of likely N-dealkylation sites (tertiary alicyclic amines) is 1. The van der Waals surface area contributed by atoms with E-state index in [2.05, 4.69) is 10.2 Å². The summed E-state index contributed by atoms with van der Waals surface area (Å²) in [5.74, 6) is 0.0487. The molecule has 0 spiro atoms. The van der Waals surface area contributed by atoms with Crippen molar-refractivity contribution in [1.82, 2.24) is 15.1 Å². The summed E-state index contributed by atoms with van der Waals surface area (Å²) in [6.45, 7) is 0.736. The second-order valence-electron chi connectivity index (χ2n) is 6.83. The number of aromatic amines is 1. The van der Waals surface area contributed by atoms with Crippen LogP contribution in [0.2, 0.25) is 10.0 Å². The van der Waals surface area contributed by atoms with E-state index in [-0.39, 0.29) is 23.6 Å². The number of nitrogens with zero attached hydrogens (tertiary/aromatic N) is 2. The van der Waals surface area contributed by atoms with Crippen molar-refractivity contribution in [3.63, 3.8) is 0 Å². The second-order valence-corrected chi connectivity index (χ2v) is 7.64. The largest absolute Gasteiger partial charge is 0.508 e. The Morgan fingerprint density at radius 1 is 1.28 bits per heavy atom. The lowest BCUT2D eigenvalue weighted by molar-refractivity contribution is -0.133. The second kappa shape index (κ2) is 6.54. The molecule has 0 bridgehead atoms. The SMILES string of the molecule is O=C1C(Cc2c(Cl)cc(O)cc2Cl)CCN1[C@@H]1CCCc2cn[nH]c21. The van der Waals surface area contributed by atoms with Gasteiger partial charge < -0.3 is 10.0 Å². The van der Waals surface area contributed by atoms with Gasteiger partial charge in [0.2, 0.25) is 5.91 Å². The lowest BCUT2D eigenvalue weighted by atomic mass is 9.92. The third kappa shape index (κ3) is 3.00. The van der Waals surface area contributed by atoms with Gasteiger partial charge in [-0.1, -0.05) is 23.2 Å². The summed E-state index contributed by atoms with van der Waals surface area (Å²) in [5.41, 5.74) is 3.03. The molecule has 1 aromatic carbocycles. The number of benzene rings is 1.